The average molecular weight is 1750 g/mol. The molecule has 127 heavy (non-hydrogen) atoms. The zero-order valence-electron chi connectivity index (χ0n) is 77.1. The Hall–Kier alpha value is -8.42. The van der Waals surface area contributed by atoms with Crippen LogP contribution in [-0.4, -0.2) is 243 Å². The third-order valence-electron chi connectivity index (χ3n) is 31.0. The van der Waals surface area contributed by atoms with Crippen LogP contribution in [-0.2, 0) is 48.5 Å². The number of benzene rings is 6. The molecule has 12 N–H and O–H groups in total. The summed E-state index contributed by atoms with van der Waals surface area (Å²) in [5.41, 5.74) is 10.3. The van der Waals surface area contributed by atoms with E-state index in [1.54, 1.807) is 54.2 Å². The first kappa shape index (κ1) is 96.1. The summed E-state index contributed by atoms with van der Waals surface area (Å²) in [7, 11) is 7.87. The molecule has 26 heteroatoms. The molecule has 24 atom stereocenters. The summed E-state index contributed by atoms with van der Waals surface area (Å²) in [6, 6.07) is 43.4. The van der Waals surface area contributed by atoms with E-state index in [1.807, 2.05) is 165 Å². The number of fused-ring (bicyclic) bond motifs is 6. The first-order valence-corrected chi connectivity index (χ1v) is 46.1. The van der Waals surface area contributed by atoms with Crippen molar-refractivity contribution in [2.75, 3.05) is 74.2 Å². The van der Waals surface area contributed by atoms with Crippen LogP contribution >= 0.6 is 0 Å². The Labute approximate surface area is 750 Å². The van der Waals surface area contributed by atoms with Gasteiger partial charge in [0.1, 0.15) is 36.4 Å². The lowest BCUT2D eigenvalue weighted by molar-refractivity contribution is -0.183. The fraction of sp³-hybridized carbons (Fsp3) is 0.584. The van der Waals surface area contributed by atoms with Gasteiger partial charge in [-0.1, -0.05) is 153 Å². The van der Waals surface area contributed by atoms with E-state index in [-0.39, 0.29) is 79.6 Å². The number of nitrogens with zero attached hydrogens (tertiary/aromatic N) is 5. The summed E-state index contributed by atoms with van der Waals surface area (Å²) in [5, 5.41) is 92.6. The fourth-order valence-corrected chi connectivity index (χ4v) is 23.0. The van der Waals surface area contributed by atoms with E-state index < -0.39 is 78.5 Å². The minimum Gasteiger partial charge on any atom is -0.478 e. The number of carboxylic acid groups (broad SMARTS) is 1. The van der Waals surface area contributed by atoms with Gasteiger partial charge in [0.15, 0.2) is 0 Å². The normalized spacial score (nSPS) is 30.8. The highest BCUT2D eigenvalue weighted by atomic mass is 16.7. The van der Waals surface area contributed by atoms with Gasteiger partial charge in [0.2, 0.25) is 17.7 Å². The number of amides is 5. The van der Waals surface area contributed by atoms with Crippen molar-refractivity contribution in [3.8, 4) is 33.4 Å². The van der Waals surface area contributed by atoms with Crippen molar-refractivity contribution in [1.82, 2.24) is 51.6 Å². The molecule has 3 aliphatic heterocycles. The number of carbonyl (C=O) groups is 6. The second kappa shape index (κ2) is 40.5. The topological polar surface area (TPSA) is 348 Å². The van der Waals surface area contributed by atoms with Crippen molar-refractivity contribution in [2.24, 2.45) is 87.3 Å². The smallest absolute Gasteiger partial charge is 0.335 e. The van der Waals surface area contributed by atoms with Crippen LogP contribution < -0.4 is 26.6 Å². The molecule has 0 aromatic heterocycles. The van der Waals surface area contributed by atoms with Gasteiger partial charge in [-0.2, -0.15) is 15.2 Å². The Morgan fingerprint density at radius 2 is 0.661 bits per heavy atom. The van der Waals surface area contributed by atoms with Gasteiger partial charge in [-0.25, -0.2) is 4.79 Å². The van der Waals surface area contributed by atoms with Crippen molar-refractivity contribution in [3.05, 3.63) is 179 Å². The third kappa shape index (κ3) is 21.0. The second-order valence-electron chi connectivity index (χ2n) is 40.5. The van der Waals surface area contributed by atoms with E-state index in [1.165, 1.54) is 19.3 Å². The number of hydroxylamine groups is 6. The number of aromatic carboxylic acids is 1. The van der Waals surface area contributed by atoms with Crippen LogP contribution in [0.4, 0.5) is 0 Å². The molecular weight excluding hydrogens is 1610 g/mol. The maximum atomic E-state index is 14.0. The predicted octanol–water partition coefficient (Wildman–Crippen LogP) is 10.3. The lowest BCUT2D eigenvalue weighted by Gasteiger charge is -2.62. The number of hydrogen-bond acceptors (Lipinski definition) is 20. The molecule has 0 radical (unpaired) electrons. The summed E-state index contributed by atoms with van der Waals surface area (Å²) in [4.78, 5) is 101. The molecule has 6 aromatic rings. The maximum absolute atomic E-state index is 14.0. The molecule has 12 fully saturated rings. The number of carbonyl (C=O) groups excluding carboxylic acids is 5. The Kier molecular flexibility index (Phi) is 30.7. The van der Waals surface area contributed by atoms with Gasteiger partial charge in [0.25, 0.3) is 11.8 Å². The molecule has 3 saturated heterocycles. The SMILES string of the molecule is C[C@@H]1[C@@H](NC(=O)[C@@H]2[C@H]([C@H](C)O)[C@H](CO)ON2Cc2cccc(-c3cccc(C(=O)NCCN(C)C)c3)c2)C[C@H]2C[C@@H]1C2(C)C.C[C@@H]1[C@@H](NC(=O)[C@@H]2[C@H]([C@H](C)O)[C@H](CO)ON2Cc2cccc(-c3cccc(C(=O)NCCN(C)C)c3)c2)C[C@H]2C[C@@H]1C2(C)C.C[C@@H]1[C@@H](NC(=O)[C@@H]2[C@H]([C@H](C)O)[C@H](CO)ON2Cc2cccc(-c3cccc(C(=O)O)c3)c2)C[C@H]2C[C@@H]1C2(C)C. The van der Waals surface area contributed by atoms with Crippen molar-refractivity contribution in [2.45, 2.75) is 214 Å². The van der Waals surface area contributed by atoms with Gasteiger partial charge < -0.3 is 72.1 Å². The summed E-state index contributed by atoms with van der Waals surface area (Å²) >= 11 is 0. The second-order valence-corrected chi connectivity index (χ2v) is 40.5. The van der Waals surface area contributed by atoms with Gasteiger partial charge in [-0.15, -0.1) is 0 Å². The van der Waals surface area contributed by atoms with Gasteiger partial charge in [-0.05, 0) is 262 Å². The first-order valence-electron chi connectivity index (χ1n) is 46.1. The lowest BCUT2D eigenvalue weighted by Crippen LogP contribution is -2.62. The molecule has 690 valence electrons. The van der Waals surface area contributed by atoms with E-state index in [0.29, 0.717) is 107 Å². The fourth-order valence-electron chi connectivity index (χ4n) is 23.0. The summed E-state index contributed by atoms with van der Waals surface area (Å²) < 4.78 is 0. The zero-order chi connectivity index (χ0) is 91.6. The molecule has 9 saturated carbocycles. The van der Waals surface area contributed by atoms with Crippen LogP contribution in [0, 0.1) is 87.3 Å². The molecular formula is C101H140N10O16. The largest absolute Gasteiger partial charge is 0.478 e. The van der Waals surface area contributed by atoms with Gasteiger partial charge in [0, 0.05) is 73.2 Å². The van der Waals surface area contributed by atoms with E-state index in [0.717, 1.165) is 82.4 Å². The number of aliphatic hydroxyl groups excluding tert-OH is 6. The first-order chi connectivity index (χ1) is 60.3. The molecule has 3 heterocycles. The molecule has 0 spiro atoms. The molecule has 5 amide bonds. The van der Waals surface area contributed by atoms with Gasteiger partial charge in [0.05, 0.1) is 63.3 Å². The van der Waals surface area contributed by atoms with Crippen LogP contribution in [0.2, 0.25) is 0 Å². The highest BCUT2D eigenvalue weighted by Crippen LogP contribution is 2.64. The minimum absolute atomic E-state index is 0.0730. The van der Waals surface area contributed by atoms with Crippen LogP contribution in [0.3, 0.4) is 0 Å². The average Bonchev–Trinajstić information content (AvgIpc) is 1.62. The molecule has 26 nitrogen and oxygen atoms in total. The monoisotopic (exact) mass is 1750 g/mol. The number of nitrogens with one attached hydrogen (secondary N) is 5. The zero-order valence-corrected chi connectivity index (χ0v) is 77.1. The molecule has 12 aliphatic rings. The summed E-state index contributed by atoms with van der Waals surface area (Å²) in [6.07, 6.45) is 1.91. The van der Waals surface area contributed by atoms with Crippen LogP contribution in [0.25, 0.3) is 33.4 Å². The Morgan fingerprint density at radius 3 is 0.906 bits per heavy atom. The van der Waals surface area contributed by atoms with E-state index in [9.17, 15) is 64.5 Å². The van der Waals surface area contributed by atoms with Crippen molar-refractivity contribution in [3.63, 3.8) is 0 Å². The minimum atomic E-state index is -0.986. The number of carboxylic acids is 1. The quantitative estimate of drug-likeness (QED) is 0.0199. The van der Waals surface area contributed by atoms with E-state index in [2.05, 4.69) is 88.9 Å². The number of rotatable bonds is 30. The molecule has 6 aromatic carbocycles. The van der Waals surface area contributed by atoms with Gasteiger partial charge >= 0.3 is 5.97 Å². The maximum Gasteiger partial charge on any atom is 0.335 e. The van der Waals surface area contributed by atoms with Crippen molar-refractivity contribution < 1.29 is 79.0 Å². The molecule has 18 rings (SSSR count). The molecule has 0 unspecified atom stereocenters. The van der Waals surface area contributed by atoms with Crippen LogP contribution in [0.1, 0.15) is 169 Å². The number of hydrogen-bond donors (Lipinski definition) is 12. The lowest BCUT2D eigenvalue weighted by atomic mass is 9.45. The van der Waals surface area contributed by atoms with Crippen molar-refractivity contribution >= 4 is 35.5 Å². The van der Waals surface area contributed by atoms with Gasteiger partial charge in [-0.3, -0.25) is 38.5 Å². The van der Waals surface area contributed by atoms with E-state index in [4.69, 9.17) is 14.5 Å². The Morgan fingerprint density at radius 1 is 0.402 bits per heavy atom. The third-order valence-corrected chi connectivity index (χ3v) is 31.0. The molecule has 9 aliphatic carbocycles. The highest BCUT2D eigenvalue weighted by Gasteiger charge is 2.61. The summed E-state index contributed by atoms with van der Waals surface area (Å²) in [5.74, 6) is 1.22. The highest BCUT2D eigenvalue weighted by molar-refractivity contribution is 5.96. The van der Waals surface area contributed by atoms with E-state index >= 15 is 0 Å². The van der Waals surface area contributed by atoms with Crippen molar-refractivity contribution in [1.29, 1.82) is 0 Å². The summed E-state index contributed by atoms with van der Waals surface area (Å²) in [6.45, 7) is 28.3. The van der Waals surface area contributed by atoms with Crippen LogP contribution in [0.15, 0.2) is 146 Å². The predicted molar refractivity (Wildman–Crippen MR) is 487 cm³/mol. The number of likely N-dealkylation sites (N-methyl/N-ethyl adjacent to an activating group) is 2. The number of aliphatic hydroxyl groups is 6. The Bertz CT molecular complexity index is 4620. The standard InChI is InChI=1S/2C35H50N4O5.C31H40N2O6/c2*1-21-28-17-27(35(28,3)4)18-29(21)37-34(43)32-31(22(2)41)30(20-40)44-39(32)19-23-9-7-10-24(15-23)25-11-8-12-26(16-25)33(42)36-13-14-38(5)6;1-17-24-13-23(31(24,3)4)14-25(17)32-29(36)28-27(18(2)35)26(16-34)39-33(28)15-19-7-5-8-20(11-19)21-9-6-10-22(12-21)30(37)38/h2*7-12,15-16,21-22,27-32,40-41H,13-14,17-20H2,1-6H3,(H,36,42)(H,37,43);5-12,17-18,23-28,34-35H,13-16H2,1-4H3,(H,32,36)(H,37,38)/t2*21-,22-,27+,28-,29-,30-,31+,32-;17-,18-,23+,24-,25-,26-,27+,28-/m000/s1. The Balaban J connectivity index is 0.000000163. The molecule has 6 bridgehead atoms. The van der Waals surface area contributed by atoms with Crippen LogP contribution in [0.5, 0.6) is 0 Å².